The van der Waals surface area contributed by atoms with Gasteiger partial charge in [0, 0.05) is 31.4 Å². The molecule has 0 spiro atoms. The van der Waals surface area contributed by atoms with E-state index in [1.165, 1.54) is 7.11 Å². The molecule has 1 unspecified atom stereocenters. The lowest BCUT2D eigenvalue weighted by atomic mass is 9.77. The zero-order valence-corrected chi connectivity index (χ0v) is 32.9. The molecule has 0 amide bonds. The molecule has 3 saturated heterocycles. The van der Waals surface area contributed by atoms with Crippen molar-refractivity contribution in [2.45, 2.75) is 185 Å². The first kappa shape index (κ1) is 42.3. The Kier molecular flexibility index (Phi) is 13.4. The molecule has 0 aromatic heterocycles. The first-order valence-corrected chi connectivity index (χ1v) is 18.7. The van der Waals surface area contributed by atoms with Gasteiger partial charge >= 0.3 is 5.97 Å². The number of fused-ring (bicyclic) bond motifs is 2. The maximum Gasteiger partial charge on any atom is 0.311 e. The van der Waals surface area contributed by atoms with E-state index >= 15 is 0 Å². The molecule has 0 saturated carbocycles. The third kappa shape index (κ3) is 8.76. The molecule has 4 N–H and O–H groups in total. The Hall–Kier alpha value is -1.46. The first-order valence-electron chi connectivity index (χ1n) is 18.7. The summed E-state index contributed by atoms with van der Waals surface area (Å²) in [5, 5.41) is 46.8. The molecule has 0 radical (unpaired) electrons. The number of ether oxygens (including phenoxy) is 7. The third-order valence-corrected chi connectivity index (χ3v) is 11.8. The van der Waals surface area contributed by atoms with Gasteiger partial charge in [-0.1, -0.05) is 20.8 Å². The lowest BCUT2D eigenvalue weighted by Crippen LogP contribution is -2.61. The number of nitrogens with zero attached hydrogens (tertiary/aromatic N) is 2. The van der Waals surface area contributed by atoms with Crippen molar-refractivity contribution in [3.05, 3.63) is 0 Å². The summed E-state index contributed by atoms with van der Waals surface area (Å²) in [5.74, 6) is -2.40. The van der Waals surface area contributed by atoms with Crippen molar-refractivity contribution >= 4 is 11.9 Å². The molecule has 4 rings (SSSR count). The molecule has 2 bridgehead atoms. The molecule has 3 fully saturated rings. The lowest BCUT2D eigenvalue weighted by Gasteiger charge is -2.49. The second kappa shape index (κ2) is 16.1. The number of aliphatic hydroxyl groups excluding tert-OH is 2. The maximum atomic E-state index is 14.2. The number of aliphatic hydroxyl groups is 4. The van der Waals surface area contributed by atoms with Gasteiger partial charge in [0.1, 0.15) is 23.9 Å². The molecule has 14 heteroatoms. The highest BCUT2D eigenvalue weighted by Crippen LogP contribution is 2.41. The normalized spacial score (nSPS) is 50.3. The van der Waals surface area contributed by atoms with E-state index in [-0.39, 0.29) is 25.0 Å². The molecule has 0 aromatic carbocycles. The Morgan fingerprint density at radius 3 is 2.20 bits per heavy atom. The average molecular weight is 731 g/mol. The summed E-state index contributed by atoms with van der Waals surface area (Å²) in [6, 6.07) is -0.725. The first-order chi connectivity index (χ1) is 23.6. The number of methoxy groups -OCH3 is 1. The van der Waals surface area contributed by atoms with Crippen LogP contribution in [0.25, 0.3) is 0 Å². The largest absolute Gasteiger partial charge is 0.472 e. The van der Waals surface area contributed by atoms with Crippen molar-refractivity contribution in [3.63, 3.8) is 0 Å². The minimum atomic E-state index is -1.62. The van der Waals surface area contributed by atoms with E-state index in [1.807, 2.05) is 53.6 Å². The van der Waals surface area contributed by atoms with Gasteiger partial charge in [-0.15, -0.1) is 0 Å². The van der Waals surface area contributed by atoms with Gasteiger partial charge in [-0.2, -0.15) is 0 Å². The van der Waals surface area contributed by atoms with Crippen LogP contribution in [-0.2, 0) is 38.0 Å². The molecule has 18 atom stereocenters. The van der Waals surface area contributed by atoms with Crippen LogP contribution < -0.4 is 0 Å². The van der Waals surface area contributed by atoms with E-state index in [2.05, 4.69) is 0 Å². The van der Waals surface area contributed by atoms with Crippen LogP contribution in [0, 0.1) is 17.8 Å². The van der Waals surface area contributed by atoms with E-state index in [4.69, 9.17) is 38.2 Å². The summed E-state index contributed by atoms with van der Waals surface area (Å²) >= 11 is 0. The highest BCUT2D eigenvalue weighted by atomic mass is 16.7. The van der Waals surface area contributed by atoms with Crippen molar-refractivity contribution in [2.24, 2.45) is 22.7 Å². The van der Waals surface area contributed by atoms with Crippen LogP contribution in [0.1, 0.15) is 94.9 Å². The molecule has 0 aliphatic carbocycles. The standard InChI is InChI=1S/C37H66N2O12/c1-14-25-37(10,44)31-22(6)38-32(50-31)18(2)16-35(8,43)30(51-34-27(40)24(39(11)12)15-19(3)46-34)20(4)28(21(5)33(42)48-25)49-26-17-36(9,45-13)29(41)23(7)47-26/h18-31,34,40-41,43-44H,14-17H2,1-13H3/t18-,19-,20+,21-,22+,23+,24+,25-,26+,27-,28+,29+,30-,31-,34+,35?,36-,37-/m1/s1. The molecule has 4 aliphatic heterocycles. The number of carbonyl (C=O) groups excluding carboxylic acids is 1. The minimum absolute atomic E-state index is 0.117. The monoisotopic (exact) mass is 730 g/mol. The summed E-state index contributed by atoms with van der Waals surface area (Å²) in [5.41, 5.74) is -4.22. The SMILES string of the molecule is CC[C@H]1OC(=O)[C@H](C)[C@@H](O[C@H]2C[C@@](C)(OC)[C@@H](O)[C@H](C)O2)[C@H](C)[C@@H](O[C@@H]2O[C@H](C)C[C@H](N(C)C)[C@H]2O)C(C)(O)C[C@@H](C)C2=N[C@@H](C)[C@@H](O2)[C@]1(C)O. The number of likely N-dealkylation sites (N-methyl/N-ethyl adjacent to an activating group) is 1. The van der Waals surface area contributed by atoms with E-state index in [0.29, 0.717) is 18.7 Å². The maximum absolute atomic E-state index is 14.2. The fourth-order valence-corrected chi connectivity index (χ4v) is 8.66. The number of hydrogen-bond acceptors (Lipinski definition) is 14. The second-order valence-electron chi connectivity index (χ2n) is 16.6. The summed E-state index contributed by atoms with van der Waals surface area (Å²) in [7, 11) is 5.28. The smallest absolute Gasteiger partial charge is 0.311 e. The van der Waals surface area contributed by atoms with E-state index in [0.717, 1.165) is 0 Å². The number of rotatable bonds is 7. The highest BCUT2D eigenvalue weighted by molar-refractivity contribution is 5.80. The predicted octanol–water partition coefficient (Wildman–Crippen LogP) is 2.41. The molecule has 14 nitrogen and oxygen atoms in total. The van der Waals surface area contributed by atoms with Crippen LogP contribution in [0.5, 0.6) is 0 Å². The summed E-state index contributed by atoms with van der Waals surface area (Å²) in [6.07, 6.45) is -7.58. The predicted molar refractivity (Wildman–Crippen MR) is 188 cm³/mol. The zero-order valence-electron chi connectivity index (χ0n) is 32.9. The fourth-order valence-electron chi connectivity index (χ4n) is 8.66. The Morgan fingerprint density at radius 2 is 1.61 bits per heavy atom. The van der Waals surface area contributed by atoms with Gasteiger partial charge in [-0.3, -0.25) is 4.79 Å². The van der Waals surface area contributed by atoms with E-state index in [9.17, 15) is 25.2 Å². The molecule has 0 aromatic rings. The Bertz CT molecular complexity index is 1220. The van der Waals surface area contributed by atoms with Crippen LogP contribution in [0.2, 0.25) is 0 Å². The van der Waals surface area contributed by atoms with Gasteiger partial charge in [0.05, 0.1) is 47.6 Å². The van der Waals surface area contributed by atoms with Crippen LogP contribution >= 0.6 is 0 Å². The van der Waals surface area contributed by atoms with Gasteiger partial charge in [0.2, 0.25) is 0 Å². The Balaban J connectivity index is 1.82. The Morgan fingerprint density at radius 1 is 0.961 bits per heavy atom. The highest BCUT2D eigenvalue weighted by Gasteiger charge is 2.54. The van der Waals surface area contributed by atoms with Gasteiger partial charge in [-0.05, 0) is 81.8 Å². The number of esters is 1. The number of carbonyl (C=O) groups is 1. The van der Waals surface area contributed by atoms with Crippen LogP contribution in [-0.4, -0.2) is 149 Å². The second-order valence-corrected chi connectivity index (χ2v) is 16.6. The van der Waals surface area contributed by atoms with Crippen molar-refractivity contribution in [1.29, 1.82) is 0 Å². The molecule has 4 aliphatic rings. The molecule has 4 heterocycles. The van der Waals surface area contributed by atoms with Gasteiger partial charge in [0.15, 0.2) is 24.6 Å². The summed E-state index contributed by atoms with van der Waals surface area (Å²) in [4.78, 5) is 20.9. The quantitative estimate of drug-likeness (QED) is 0.281. The topological polar surface area (TPSA) is 178 Å². The van der Waals surface area contributed by atoms with Crippen molar-refractivity contribution in [3.8, 4) is 0 Å². The van der Waals surface area contributed by atoms with Gasteiger partial charge < -0.3 is 58.5 Å². The van der Waals surface area contributed by atoms with E-state index < -0.39 is 102 Å². The number of aliphatic imine (C=N–C) groups is 1. The van der Waals surface area contributed by atoms with Gasteiger partial charge in [-0.25, -0.2) is 4.99 Å². The van der Waals surface area contributed by atoms with Crippen LogP contribution in [0.3, 0.4) is 0 Å². The summed E-state index contributed by atoms with van der Waals surface area (Å²) < 4.78 is 43.9. The van der Waals surface area contributed by atoms with E-state index in [1.54, 1.807) is 34.6 Å². The van der Waals surface area contributed by atoms with Crippen LogP contribution in [0.4, 0.5) is 0 Å². The molecular weight excluding hydrogens is 664 g/mol. The van der Waals surface area contributed by atoms with Gasteiger partial charge in [0.25, 0.3) is 0 Å². The molecule has 51 heavy (non-hydrogen) atoms. The molecular formula is C37H66N2O12. The van der Waals surface area contributed by atoms with Crippen molar-refractivity contribution in [2.75, 3.05) is 21.2 Å². The Labute approximate surface area is 304 Å². The fraction of sp³-hybridized carbons (Fsp3) is 0.946. The number of hydrogen-bond donors (Lipinski definition) is 4. The van der Waals surface area contributed by atoms with Crippen molar-refractivity contribution in [1.82, 2.24) is 4.90 Å². The third-order valence-electron chi connectivity index (χ3n) is 11.8. The van der Waals surface area contributed by atoms with Crippen LogP contribution in [0.15, 0.2) is 4.99 Å². The summed E-state index contributed by atoms with van der Waals surface area (Å²) in [6.45, 7) is 17.7. The minimum Gasteiger partial charge on any atom is -0.472 e. The van der Waals surface area contributed by atoms with Crippen molar-refractivity contribution < 1.29 is 58.4 Å². The average Bonchev–Trinajstić information content (AvgIpc) is 3.46. The number of cyclic esters (lactones) is 1. The zero-order chi connectivity index (χ0) is 38.4. The molecule has 296 valence electrons. The lowest BCUT2D eigenvalue weighted by molar-refractivity contribution is -0.318.